The van der Waals surface area contributed by atoms with Crippen molar-refractivity contribution in [3.05, 3.63) is 34.0 Å². The van der Waals surface area contributed by atoms with Gasteiger partial charge in [0.15, 0.2) is 0 Å². The van der Waals surface area contributed by atoms with Crippen LogP contribution in [0.1, 0.15) is 11.1 Å². The number of allylic oxidation sites excluding steroid dienone is 2. The van der Waals surface area contributed by atoms with Gasteiger partial charge in [-0.3, -0.25) is 0 Å². The Balaban J connectivity index is 2.57. The van der Waals surface area contributed by atoms with E-state index in [-0.39, 0.29) is 0 Å². The number of hydrogen-bond acceptors (Lipinski definition) is 2. The van der Waals surface area contributed by atoms with E-state index in [1.165, 1.54) is 11.1 Å². The van der Waals surface area contributed by atoms with Gasteiger partial charge in [-0.2, -0.15) is 0 Å². The molecule has 2 aliphatic carbocycles. The van der Waals surface area contributed by atoms with Gasteiger partial charge in [-0.1, -0.05) is 24.3 Å². The van der Waals surface area contributed by atoms with E-state index in [1.54, 1.807) is 0 Å². The molecule has 12 heavy (non-hydrogen) atoms. The van der Waals surface area contributed by atoms with Crippen molar-refractivity contribution in [2.75, 3.05) is 0 Å². The summed E-state index contributed by atoms with van der Waals surface area (Å²) in [5, 5.41) is 10.1. The first-order valence-corrected chi connectivity index (χ1v) is 3.89. The molecule has 0 amide bonds. The minimum Gasteiger partial charge on any atom is -0.150 e. The van der Waals surface area contributed by atoms with E-state index in [4.69, 9.17) is 0 Å². The highest BCUT2D eigenvalue weighted by atomic mass is 15.1. The molecule has 0 saturated heterocycles. The molecule has 56 valence electrons. The van der Waals surface area contributed by atoms with E-state index < -0.39 is 0 Å². The lowest BCUT2D eigenvalue weighted by Crippen LogP contribution is -2.22. The number of hydrogen-bond donors (Lipinski definition) is 0. The molecule has 0 aliphatic heterocycles. The van der Waals surface area contributed by atoms with E-state index in [2.05, 4.69) is 22.3 Å². The second-order valence-electron chi connectivity index (χ2n) is 2.85. The highest BCUT2D eigenvalue weighted by Gasteiger charge is 2.07. The number of rotatable bonds is 0. The minimum atomic E-state index is 0.980. The Morgan fingerprint density at radius 2 is 1.25 bits per heavy atom. The van der Waals surface area contributed by atoms with Gasteiger partial charge >= 0.3 is 0 Å². The average molecular weight is 154 g/mol. The molecular formula is C10H6N2. The summed E-state index contributed by atoms with van der Waals surface area (Å²) >= 11 is 0. The van der Waals surface area contributed by atoms with Gasteiger partial charge in [0.1, 0.15) is 0 Å². The maximum Gasteiger partial charge on any atom is 0.0936 e. The van der Waals surface area contributed by atoms with Crippen molar-refractivity contribution in [1.29, 1.82) is 0 Å². The molecular weight excluding hydrogens is 148 g/mol. The van der Waals surface area contributed by atoms with Crippen LogP contribution in [0.25, 0.3) is 24.3 Å². The Bertz CT molecular complexity index is 473. The van der Waals surface area contributed by atoms with Crippen molar-refractivity contribution in [1.82, 2.24) is 10.2 Å². The van der Waals surface area contributed by atoms with Crippen LogP contribution in [0, 0.1) is 0 Å². The van der Waals surface area contributed by atoms with Gasteiger partial charge < -0.3 is 0 Å². The van der Waals surface area contributed by atoms with E-state index >= 15 is 0 Å². The van der Waals surface area contributed by atoms with Gasteiger partial charge in [0.2, 0.25) is 0 Å². The number of aromatic nitrogens is 2. The predicted molar refractivity (Wildman–Crippen MR) is 48.3 cm³/mol. The lowest BCUT2D eigenvalue weighted by Gasteiger charge is -1.95. The molecule has 0 radical (unpaired) electrons. The third-order valence-corrected chi connectivity index (χ3v) is 2.14. The predicted octanol–water partition coefficient (Wildman–Crippen LogP) is 0.0912. The van der Waals surface area contributed by atoms with Crippen molar-refractivity contribution in [3.63, 3.8) is 0 Å². The van der Waals surface area contributed by atoms with E-state index in [9.17, 15) is 0 Å². The molecule has 0 N–H and O–H groups in total. The van der Waals surface area contributed by atoms with Crippen LogP contribution in [-0.4, -0.2) is 10.2 Å². The summed E-state index contributed by atoms with van der Waals surface area (Å²) in [6.45, 7) is 0. The molecule has 1 aromatic heterocycles. The first-order chi connectivity index (χ1) is 5.95. The molecule has 0 aromatic carbocycles. The monoisotopic (exact) mass is 154 g/mol. The van der Waals surface area contributed by atoms with Gasteiger partial charge in [-0.15, -0.1) is 10.2 Å². The normalized spacial score (nSPS) is 15.3. The second kappa shape index (κ2) is 1.91. The molecule has 0 unspecified atom stereocenters. The molecule has 0 atom stereocenters. The summed E-state index contributed by atoms with van der Waals surface area (Å²) in [4.78, 5) is 0. The summed E-state index contributed by atoms with van der Waals surface area (Å²) in [5.74, 6) is 0. The van der Waals surface area contributed by atoms with E-state index in [1.807, 2.05) is 24.3 Å². The zero-order chi connectivity index (χ0) is 7.97. The Morgan fingerprint density at radius 3 is 1.75 bits per heavy atom. The third kappa shape index (κ3) is 0.593. The fourth-order valence-corrected chi connectivity index (χ4v) is 1.56. The van der Waals surface area contributed by atoms with Crippen LogP contribution >= 0.6 is 0 Å². The van der Waals surface area contributed by atoms with Gasteiger partial charge in [0.25, 0.3) is 0 Å². The van der Waals surface area contributed by atoms with Gasteiger partial charge in [0, 0.05) is 11.1 Å². The van der Waals surface area contributed by atoms with Crippen molar-refractivity contribution >= 4 is 24.3 Å². The van der Waals surface area contributed by atoms with Crippen molar-refractivity contribution in [3.8, 4) is 0 Å². The molecule has 2 nitrogen and oxygen atoms in total. The largest absolute Gasteiger partial charge is 0.150 e. The highest BCUT2D eigenvalue weighted by molar-refractivity contribution is 5.77. The Labute approximate surface area is 69.3 Å². The topological polar surface area (TPSA) is 25.8 Å². The molecule has 1 heterocycles. The zero-order valence-electron chi connectivity index (χ0n) is 6.36. The van der Waals surface area contributed by atoms with Crippen LogP contribution in [0.3, 0.4) is 0 Å². The maximum absolute atomic E-state index is 4.09. The minimum absolute atomic E-state index is 0.980. The van der Waals surface area contributed by atoms with Crippen LogP contribution in [0.4, 0.5) is 0 Å². The SMILES string of the molecule is C1=Cc2c3c(nnc2=C1)=CC=C3. The Hall–Kier alpha value is -1.70. The van der Waals surface area contributed by atoms with Crippen molar-refractivity contribution in [2.45, 2.75) is 0 Å². The first kappa shape index (κ1) is 5.89. The molecule has 2 aliphatic rings. The molecule has 0 fully saturated rings. The van der Waals surface area contributed by atoms with Crippen LogP contribution < -0.4 is 10.7 Å². The first-order valence-electron chi connectivity index (χ1n) is 3.89. The number of nitrogens with zero attached hydrogens (tertiary/aromatic N) is 2. The quantitative estimate of drug-likeness (QED) is 0.529. The summed E-state index contributed by atoms with van der Waals surface area (Å²) in [7, 11) is 0. The van der Waals surface area contributed by atoms with E-state index in [0.29, 0.717) is 0 Å². The highest BCUT2D eigenvalue weighted by Crippen LogP contribution is 2.09. The second-order valence-corrected chi connectivity index (χ2v) is 2.85. The maximum atomic E-state index is 4.09. The van der Waals surface area contributed by atoms with Crippen LogP contribution in [0.5, 0.6) is 0 Å². The summed E-state index contributed by atoms with van der Waals surface area (Å²) in [6, 6.07) is 0. The van der Waals surface area contributed by atoms with Crippen molar-refractivity contribution in [2.24, 2.45) is 0 Å². The number of fused-ring (bicyclic) bond motifs is 3. The Kier molecular flexibility index (Phi) is 0.939. The van der Waals surface area contributed by atoms with Crippen LogP contribution in [0.15, 0.2) is 12.2 Å². The summed E-state index contributed by atoms with van der Waals surface area (Å²) < 4.78 is 0. The lowest BCUT2D eigenvalue weighted by atomic mass is 10.1. The molecule has 0 bridgehead atoms. The third-order valence-electron chi connectivity index (χ3n) is 2.14. The fourth-order valence-electron chi connectivity index (χ4n) is 1.56. The molecule has 0 spiro atoms. The summed E-state index contributed by atoms with van der Waals surface area (Å²) in [6.07, 6.45) is 12.1. The van der Waals surface area contributed by atoms with E-state index in [0.717, 1.165) is 10.7 Å². The van der Waals surface area contributed by atoms with Crippen LogP contribution in [0.2, 0.25) is 0 Å². The standard InChI is InChI=1S/C10H6N2/c1-3-7-8-4-2-6-10(8)12-11-9(7)5-1/h1-6H. The molecule has 3 rings (SSSR count). The fraction of sp³-hybridized carbons (Fsp3) is 0. The zero-order valence-corrected chi connectivity index (χ0v) is 6.36. The Morgan fingerprint density at radius 1 is 0.750 bits per heavy atom. The van der Waals surface area contributed by atoms with Gasteiger partial charge in [0.05, 0.1) is 10.7 Å². The lowest BCUT2D eigenvalue weighted by molar-refractivity contribution is 0.959. The smallest absolute Gasteiger partial charge is 0.0936 e. The van der Waals surface area contributed by atoms with Gasteiger partial charge in [-0.05, 0) is 12.2 Å². The molecule has 1 aromatic rings. The summed E-state index contributed by atoms with van der Waals surface area (Å²) in [5.41, 5.74) is 2.40. The van der Waals surface area contributed by atoms with Crippen LogP contribution in [-0.2, 0) is 0 Å². The molecule has 2 heteroatoms. The average Bonchev–Trinajstić information content (AvgIpc) is 2.71. The van der Waals surface area contributed by atoms with Gasteiger partial charge in [-0.25, -0.2) is 0 Å². The molecule has 0 saturated carbocycles. The van der Waals surface area contributed by atoms with Crippen molar-refractivity contribution < 1.29 is 0 Å².